The first-order chi connectivity index (χ1) is 10.6. The van der Waals surface area contributed by atoms with Crippen molar-refractivity contribution in [3.63, 3.8) is 0 Å². The second-order valence-corrected chi connectivity index (χ2v) is 5.63. The zero-order valence-corrected chi connectivity index (χ0v) is 12.8. The fourth-order valence-corrected chi connectivity index (χ4v) is 2.97. The van der Waals surface area contributed by atoms with E-state index in [1.54, 1.807) is 48.7 Å². The second kappa shape index (κ2) is 5.87. The van der Waals surface area contributed by atoms with Crippen LogP contribution in [0.15, 0.2) is 48.7 Å². The van der Waals surface area contributed by atoms with Crippen molar-refractivity contribution in [2.45, 2.75) is 0 Å². The minimum atomic E-state index is -0.995. The maximum absolute atomic E-state index is 11.6. The van der Waals surface area contributed by atoms with Crippen LogP contribution in [0.1, 0.15) is 11.1 Å². The second-order valence-electron chi connectivity index (χ2n) is 4.78. The lowest BCUT2D eigenvalue weighted by Crippen LogP contribution is -1.99. The molecule has 0 amide bonds. The molecule has 0 saturated carbocycles. The van der Waals surface area contributed by atoms with E-state index in [0.29, 0.717) is 21.2 Å². The number of carboxylic acid groups (broad SMARTS) is 1. The van der Waals surface area contributed by atoms with Gasteiger partial charge < -0.3 is 10.1 Å². The number of rotatable bonds is 3. The van der Waals surface area contributed by atoms with Crippen LogP contribution in [0.25, 0.3) is 22.6 Å². The fourth-order valence-electron chi connectivity index (χ4n) is 2.36. The third-order valence-corrected chi connectivity index (χ3v) is 3.86. The van der Waals surface area contributed by atoms with E-state index in [1.807, 2.05) is 6.07 Å². The van der Waals surface area contributed by atoms with Gasteiger partial charge >= 0.3 is 5.97 Å². The van der Waals surface area contributed by atoms with E-state index >= 15 is 0 Å². The number of hydrogen-bond acceptors (Lipinski definition) is 1. The predicted octanol–water partition coefficient (Wildman–Crippen LogP) is 5.10. The fraction of sp³-hybridized carbons (Fsp3) is 0. The first-order valence-corrected chi connectivity index (χ1v) is 7.28. The molecular weight excluding hydrogens is 321 g/mol. The summed E-state index contributed by atoms with van der Waals surface area (Å²) in [6, 6.07) is 12.3. The van der Waals surface area contributed by atoms with Crippen molar-refractivity contribution in [1.29, 1.82) is 0 Å². The Balaban J connectivity index is 2.20. The molecule has 3 nitrogen and oxygen atoms in total. The zero-order chi connectivity index (χ0) is 15.7. The summed E-state index contributed by atoms with van der Waals surface area (Å²) >= 11 is 12.2. The van der Waals surface area contributed by atoms with Gasteiger partial charge in [0.15, 0.2) is 0 Å². The van der Waals surface area contributed by atoms with E-state index in [9.17, 15) is 9.90 Å². The van der Waals surface area contributed by atoms with Gasteiger partial charge in [0.25, 0.3) is 0 Å². The molecule has 0 bridgehead atoms. The Morgan fingerprint density at radius 3 is 2.55 bits per heavy atom. The molecule has 2 N–H and O–H groups in total. The van der Waals surface area contributed by atoms with E-state index in [4.69, 9.17) is 23.2 Å². The number of fused-ring (bicyclic) bond motifs is 1. The van der Waals surface area contributed by atoms with Crippen molar-refractivity contribution in [2.75, 3.05) is 0 Å². The van der Waals surface area contributed by atoms with Crippen molar-refractivity contribution in [3.8, 4) is 0 Å². The number of aromatic amines is 1. The number of carboxylic acids is 1. The highest BCUT2D eigenvalue weighted by molar-refractivity contribution is 6.39. The molecule has 0 atom stereocenters. The average Bonchev–Trinajstić information content (AvgIpc) is 2.88. The van der Waals surface area contributed by atoms with Crippen LogP contribution in [0.3, 0.4) is 0 Å². The summed E-state index contributed by atoms with van der Waals surface area (Å²) < 4.78 is 0. The summed E-state index contributed by atoms with van der Waals surface area (Å²) in [6.07, 6.45) is 3.33. The van der Waals surface area contributed by atoms with Crippen LogP contribution < -0.4 is 0 Å². The van der Waals surface area contributed by atoms with Gasteiger partial charge in [0.05, 0.1) is 10.6 Å². The number of benzene rings is 2. The highest BCUT2D eigenvalue weighted by atomic mass is 35.5. The van der Waals surface area contributed by atoms with Gasteiger partial charge in [0.2, 0.25) is 0 Å². The molecular formula is C17H11Cl2NO2. The van der Waals surface area contributed by atoms with Crippen LogP contribution in [0, 0.1) is 0 Å². The molecule has 0 fully saturated rings. The van der Waals surface area contributed by atoms with Gasteiger partial charge in [-0.05, 0) is 23.8 Å². The molecule has 3 rings (SSSR count). The Bertz CT molecular complexity index is 882. The Hall–Kier alpha value is -2.23. The Morgan fingerprint density at radius 1 is 1.14 bits per heavy atom. The summed E-state index contributed by atoms with van der Waals surface area (Å²) in [5.74, 6) is -0.995. The van der Waals surface area contributed by atoms with E-state index < -0.39 is 5.97 Å². The largest absolute Gasteiger partial charge is 0.478 e. The minimum Gasteiger partial charge on any atom is -0.478 e. The van der Waals surface area contributed by atoms with Crippen LogP contribution in [-0.2, 0) is 4.79 Å². The zero-order valence-electron chi connectivity index (χ0n) is 11.3. The molecule has 110 valence electrons. The molecule has 5 heteroatoms. The van der Waals surface area contributed by atoms with Gasteiger partial charge in [0, 0.05) is 27.7 Å². The van der Waals surface area contributed by atoms with Gasteiger partial charge in [-0.2, -0.15) is 0 Å². The summed E-state index contributed by atoms with van der Waals surface area (Å²) in [5, 5.41) is 11.2. The molecule has 0 spiro atoms. The lowest BCUT2D eigenvalue weighted by atomic mass is 10.0. The Labute approximate surface area is 136 Å². The number of aromatic nitrogens is 1. The minimum absolute atomic E-state index is 0.201. The summed E-state index contributed by atoms with van der Waals surface area (Å²) in [4.78, 5) is 14.6. The maximum atomic E-state index is 11.6. The van der Waals surface area contributed by atoms with Crippen molar-refractivity contribution < 1.29 is 9.90 Å². The lowest BCUT2D eigenvalue weighted by Gasteiger charge is -2.03. The van der Waals surface area contributed by atoms with Crippen molar-refractivity contribution in [3.05, 3.63) is 69.8 Å². The smallest absolute Gasteiger partial charge is 0.336 e. The van der Waals surface area contributed by atoms with Gasteiger partial charge in [-0.3, -0.25) is 0 Å². The van der Waals surface area contributed by atoms with Crippen molar-refractivity contribution >= 4 is 51.7 Å². The molecule has 1 aromatic heterocycles. The number of nitrogens with one attached hydrogen (secondary N) is 1. The summed E-state index contributed by atoms with van der Waals surface area (Å²) in [7, 11) is 0. The quantitative estimate of drug-likeness (QED) is 0.656. The van der Waals surface area contributed by atoms with E-state index in [1.165, 1.54) is 0 Å². The van der Waals surface area contributed by atoms with Crippen LogP contribution in [-0.4, -0.2) is 16.1 Å². The predicted molar refractivity (Wildman–Crippen MR) is 90.3 cm³/mol. The molecule has 22 heavy (non-hydrogen) atoms. The monoisotopic (exact) mass is 331 g/mol. The number of aliphatic carboxylic acids is 1. The molecule has 0 aliphatic carbocycles. The van der Waals surface area contributed by atoms with E-state index in [-0.39, 0.29) is 5.57 Å². The van der Waals surface area contributed by atoms with Gasteiger partial charge in [0.1, 0.15) is 0 Å². The molecule has 0 radical (unpaired) electrons. The first kappa shape index (κ1) is 14.7. The van der Waals surface area contributed by atoms with Gasteiger partial charge in [-0.15, -0.1) is 0 Å². The molecule has 0 aliphatic heterocycles. The summed E-state index contributed by atoms with van der Waals surface area (Å²) in [5.41, 5.74) is 2.31. The van der Waals surface area contributed by atoms with Crippen molar-refractivity contribution in [1.82, 2.24) is 4.98 Å². The van der Waals surface area contributed by atoms with E-state index in [2.05, 4.69) is 4.98 Å². The lowest BCUT2D eigenvalue weighted by molar-refractivity contribution is -0.130. The number of H-pyrrole nitrogens is 1. The molecule has 0 unspecified atom stereocenters. The standard InChI is InChI=1S/C17H11Cl2NO2/c18-12-7-14(19)16-11(9-20-15(16)8-12)6-13(17(21)22)10-4-2-1-3-5-10/h1-9,20H,(H,21,22)/b13-6+. The van der Waals surface area contributed by atoms with Crippen LogP contribution in [0.4, 0.5) is 0 Å². The highest BCUT2D eigenvalue weighted by Gasteiger charge is 2.13. The SMILES string of the molecule is O=C(O)/C(=C/c1c[nH]c2cc(Cl)cc(Cl)c12)c1ccccc1. The van der Waals surface area contributed by atoms with E-state index in [0.717, 1.165) is 10.9 Å². The van der Waals surface area contributed by atoms with Crippen LogP contribution in [0.5, 0.6) is 0 Å². The normalized spacial score (nSPS) is 11.8. The highest BCUT2D eigenvalue weighted by Crippen LogP contribution is 2.32. The van der Waals surface area contributed by atoms with Gasteiger partial charge in [-0.1, -0.05) is 53.5 Å². The average molecular weight is 332 g/mol. The number of hydrogen-bond donors (Lipinski definition) is 2. The molecule has 1 heterocycles. The van der Waals surface area contributed by atoms with Gasteiger partial charge in [-0.25, -0.2) is 4.79 Å². The topological polar surface area (TPSA) is 53.1 Å². The third-order valence-electron chi connectivity index (χ3n) is 3.34. The Kier molecular flexibility index (Phi) is 3.92. The number of carbonyl (C=O) groups is 1. The molecule has 0 saturated heterocycles. The molecule has 3 aromatic rings. The van der Waals surface area contributed by atoms with Crippen LogP contribution in [0.2, 0.25) is 10.0 Å². The summed E-state index contributed by atoms with van der Waals surface area (Å²) in [6.45, 7) is 0. The van der Waals surface area contributed by atoms with Crippen molar-refractivity contribution in [2.24, 2.45) is 0 Å². The molecule has 0 aliphatic rings. The number of halogens is 2. The Morgan fingerprint density at radius 2 is 1.86 bits per heavy atom. The third kappa shape index (κ3) is 2.73. The van der Waals surface area contributed by atoms with Crippen LogP contribution >= 0.6 is 23.2 Å². The first-order valence-electron chi connectivity index (χ1n) is 6.53. The molecule has 2 aromatic carbocycles. The maximum Gasteiger partial charge on any atom is 0.336 e.